The predicted octanol–water partition coefficient (Wildman–Crippen LogP) is 3.78. The van der Waals surface area contributed by atoms with E-state index in [4.69, 9.17) is 4.52 Å². The smallest absolute Gasteiger partial charge is 0.229 e. The van der Waals surface area contributed by atoms with Crippen LogP contribution in [-0.4, -0.2) is 16.7 Å². The molecule has 1 fully saturated rings. The molecule has 0 saturated heterocycles. The number of hydrogen-bond donors (Lipinski definition) is 1. The molecule has 116 valence electrons. The van der Waals surface area contributed by atoms with Crippen molar-refractivity contribution in [1.29, 1.82) is 0 Å². The highest BCUT2D eigenvalue weighted by Gasteiger charge is 2.29. The first-order valence-corrected chi connectivity index (χ1v) is 8.01. The summed E-state index contributed by atoms with van der Waals surface area (Å²) in [7, 11) is 0. The average Bonchev–Trinajstić information content (AvgIpc) is 3.26. The molecule has 0 amide bonds. The van der Waals surface area contributed by atoms with Crippen LogP contribution < -0.4 is 5.32 Å². The second kappa shape index (κ2) is 6.88. The number of aromatic nitrogens is 2. The number of rotatable bonds is 7. The van der Waals surface area contributed by atoms with Crippen LogP contribution in [0.3, 0.4) is 0 Å². The average molecular weight is 297 g/mol. The van der Waals surface area contributed by atoms with Gasteiger partial charge in [-0.2, -0.15) is 4.98 Å². The van der Waals surface area contributed by atoms with Gasteiger partial charge in [-0.1, -0.05) is 55.4 Å². The van der Waals surface area contributed by atoms with Gasteiger partial charge < -0.3 is 9.84 Å². The maximum atomic E-state index is 5.28. The number of nitrogens with one attached hydrogen (secondary N) is 1. The minimum absolute atomic E-state index is 0.516. The quantitative estimate of drug-likeness (QED) is 0.845. The van der Waals surface area contributed by atoms with Gasteiger partial charge in [0.15, 0.2) is 5.82 Å². The largest absolute Gasteiger partial charge is 0.339 e. The Labute approximate surface area is 131 Å². The summed E-state index contributed by atoms with van der Waals surface area (Å²) < 4.78 is 5.28. The lowest BCUT2D eigenvalue weighted by Gasteiger charge is -2.10. The van der Waals surface area contributed by atoms with Crippen LogP contribution >= 0.6 is 0 Å². The van der Waals surface area contributed by atoms with Crippen LogP contribution in [0, 0.1) is 5.92 Å². The Hall–Kier alpha value is -1.94. The van der Waals surface area contributed by atoms with Crippen molar-refractivity contribution >= 4 is 5.57 Å². The van der Waals surface area contributed by atoms with Crippen LogP contribution in [0.5, 0.6) is 0 Å². The molecule has 0 unspecified atom stereocenters. The zero-order valence-corrected chi connectivity index (χ0v) is 13.2. The molecule has 0 aliphatic heterocycles. The zero-order valence-electron chi connectivity index (χ0n) is 13.2. The molecule has 4 nitrogen and oxygen atoms in total. The molecule has 1 N–H and O–H groups in total. The molecule has 1 heterocycles. The summed E-state index contributed by atoms with van der Waals surface area (Å²) in [6.45, 7) is 5.84. The molecule has 0 radical (unpaired) electrons. The van der Waals surface area contributed by atoms with E-state index in [9.17, 15) is 0 Å². The SMILES string of the molecule is CC(C)C=C(CNCc1noc(C2CC2)n1)c1ccccc1. The number of hydrogen-bond acceptors (Lipinski definition) is 4. The van der Waals surface area contributed by atoms with Gasteiger partial charge in [-0.15, -0.1) is 0 Å². The van der Waals surface area contributed by atoms with Gasteiger partial charge in [-0.05, 0) is 29.9 Å². The first kappa shape index (κ1) is 15.0. The van der Waals surface area contributed by atoms with Gasteiger partial charge in [-0.25, -0.2) is 0 Å². The molecular weight excluding hydrogens is 274 g/mol. The molecule has 1 aliphatic rings. The maximum absolute atomic E-state index is 5.28. The highest BCUT2D eigenvalue weighted by molar-refractivity contribution is 5.67. The Bertz CT molecular complexity index is 627. The zero-order chi connectivity index (χ0) is 15.4. The molecule has 0 atom stereocenters. The van der Waals surface area contributed by atoms with Gasteiger partial charge >= 0.3 is 0 Å². The van der Waals surface area contributed by atoms with E-state index in [1.165, 1.54) is 24.0 Å². The van der Waals surface area contributed by atoms with Crippen molar-refractivity contribution in [3.8, 4) is 0 Å². The normalized spacial score (nSPS) is 15.5. The fraction of sp³-hybridized carbons (Fsp3) is 0.444. The van der Waals surface area contributed by atoms with Crippen LogP contribution in [0.1, 0.15) is 49.9 Å². The number of nitrogens with zero attached hydrogens (tertiary/aromatic N) is 2. The van der Waals surface area contributed by atoms with Crippen LogP contribution in [0.4, 0.5) is 0 Å². The highest BCUT2D eigenvalue weighted by Crippen LogP contribution is 2.38. The van der Waals surface area contributed by atoms with Crippen molar-refractivity contribution in [3.63, 3.8) is 0 Å². The third-order valence-corrected chi connectivity index (χ3v) is 3.69. The third-order valence-electron chi connectivity index (χ3n) is 3.69. The van der Waals surface area contributed by atoms with Crippen molar-refractivity contribution in [2.75, 3.05) is 6.54 Å². The molecule has 0 spiro atoms. The second-order valence-corrected chi connectivity index (χ2v) is 6.23. The van der Waals surface area contributed by atoms with Gasteiger partial charge in [-0.3, -0.25) is 0 Å². The predicted molar refractivity (Wildman–Crippen MR) is 87.2 cm³/mol. The molecule has 1 aliphatic carbocycles. The Morgan fingerprint density at radius 3 is 2.77 bits per heavy atom. The summed E-state index contributed by atoms with van der Waals surface area (Å²) in [6, 6.07) is 10.5. The van der Waals surface area contributed by atoms with Gasteiger partial charge in [0.05, 0.1) is 6.54 Å². The Morgan fingerprint density at radius 1 is 1.32 bits per heavy atom. The summed E-state index contributed by atoms with van der Waals surface area (Å²) in [4.78, 5) is 4.44. The fourth-order valence-corrected chi connectivity index (χ4v) is 2.46. The molecule has 2 aromatic rings. The van der Waals surface area contributed by atoms with E-state index in [0.717, 1.165) is 18.3 Å². The molecule has 1 aromatic carbocycles. The molecule has 1 saturated carbocycles. The first-order valence-electron chi connectivity index (χ1n) is 8.01. The lowest BCUT2D eigenvalue weighted by Crippen LogP contribution is -2.17. The van der Waals surface area contributed by atoms with Crippen LogP contribution in [0.25, 0.3) is 5.57 Å². The van der Waals surface area contributed by atoms with E-state index < -0.39 is 0 Å². The lowest BCUT2D eigenvalue weighted by molar-refractivity contribution is 0.373. The summed E-state index contributed by atoms with van der Waals surface area (Å²) in [5, 5.41) is 7.46. The Kier molecular flexibility index (Phi) is 4.68. The summed E-state index contributed by atoms with van der Waals surface area (Å²) in [6.07, 6.45) is 4.67. The number of allylic oxidation sites excluding steroid dienone is 1. The molecule has 4 heteroatoms. The topological polar surface area (TPSA) is 51.0 Å². The molecule has 0 bridgehead atoms. The van der Waals surface area contributed by atoms with Crippen molar-refractivity contribution < 1.29 is 4.52 Å². The van der Waals surface area contributed by atoms with E-state index in [0.29, 0.717) is 18.4 Å². The molecule has 22 heavy (non-hydrogen) atoms. The van der Waals surface area contributed by atoms with Gasteiger partial charge in [0, 0.05) is 12.5 Å². The number of benzene rings is 1. The van der Waals surface area contributed by atoms with E-state index in [-0.39, 0.29) is 0 Å². The standard InChI is InChI=1S/C18H23N3O/c1-13(2)10-16(14-6-4-3-5-7-14)11-19-12-17-20-18(22-21-17)15-8-9-15/h3-7,10,13,15,19H,8-9,11-12H2,1-2H3. The summed E-state index contributed by atoms with van der Waals surface area (Å²) in [5.41, 5.74) is 2.57. The summed E-state index contributed by atoms with van der Waals surface area (Å²) >= 11 is 0. The van der Waals surface area contributed by atoms with E-state index in [1.807, 2.05) is 6.07 Å². The third kappa shape index (κ3) is 4.04. The first-order chi connectivity index (χ1) is 10.7. The Balaban J connectivity index is 1.59. The van der Waals surface area contributed by atoms with Crippen molar-refractivity contribution in [3.05, 3.63) is 53.7 Å². The second-order valence-electron chi connectivity index (χ2n) is 6.23. The van der Waals surface area contributed by atoms with Crippen LogP contribution in [0.2, 0.25) is 0 Å². The monoisotopic (exact) mass is 297 g/mol. The lowest BCUT2D eigenvalue weighted by atomic mass is 10.0. The fourth-order valence-electron chi connectivity index (χ4n) is 2.46. The van der Waals surface area contributed by atoms with Crippen LogP contribution in [0.15, 0.2) is 40.9 Å². The minimum atomic E-state index is 0.516. The van der Waals surface area contributed by atoms with E-state index in [2.05, 4.69) is 59.6 Å². The van der Waals surface area contributed by atoms with Crippen molar-refractivity contribution in [1.82, 2.24) is 15.5 Å². The van der Waals surface area contributed by atoms with Crippen molar-refractivity contribution in [2.24, 2.45) is 5.92 Å². The molecular formula is C18H23N3O. The molecule has 3 rings (SSSR count). The van der Waals surface area contributed by atoms with Crippen molar-refractivity contribution in [2.45, 2.75) is 39.2 Å². The summed E-state index contributed by atoms with van der Waals surface area (Å²) in [5.74, 6) is 2.59. The minimum Gasteiger partial charge on any atom is -0.339 e. The van der Waals surface area contributed by atoms with Gasteiger partial charge in [0.1, 0.15) is 0 Å². The van der Waals surface area contributed by atoms with E-state index in [1.54, 1.807) is 0 Å². The van der Waals surface area contributed by atoms with E-state index >= 15 is 0 Å². The molecule has 1 aromatic heterocycles. The highest BCUT2D eigenvalue weighted by atomic mass is 16.5. The maximum Gasteiger partial charge on any atom is 0.229 e. The van der Waals surface area contributed by atoms with Crippen LogP contribution in [-0.2, 0) is 6.54 Å². The van der Waals surface area contributed by atoms with Gasteiger partial charge in [0.25, 0.3) is 0 Å². The Morgan fingerprint density at radius 2 is 2.09 bits per heavy atom. The van der Waals surface area contributed by atoms with Gasteiger partial charge in [0.2, 0.25) is 5.89 Å².